The van der Waals surface area contributed by atoms with Crippen LogP contribution < -0.4 is 10.4 Å². The van der Waals surface area contributed by atoms with Gasteiger partial charge in [-0.3, -0.25) is 0 Å². The van der Waals surface area contributed by atoms with Crippen molar-refractivity contribution >= 4 is 22.3 Å². The minimum absolute atomic E-state index is 0.239. The number of rotatable bonds is 3. The van der Waals surface area contributed by atoms with Crippen LogP contribution in [0.5, 0.6) is 11.8 Å². The van der Waals surface area contributed by atoms with Gasteiger partial charge < -0.3 is 9.15 Å². The number of ether oxygens (including phenoxy) is 1. The highest BCUT2D eigenvalue weighted by Crippen LogP contribution is 2.26. The van der Waals surface area contributed by atoms with Gasteiger partial charge in [-0.05, 0) is 29.6 Å². The third kappa shape index (κ3) is 2.84. The van der Waals surface area contributed by atoms with E-state index in [1.54, 1.807) is 41.9 Å². The molecule has 3 heterocycles. The molecule has 4 aromatic rings. The summed E-state index contributed by atoms with van der Waals surface area (Å²) in [7, 11) is 0. The summed E-state index contributed by atoms with van der Waals surface area (Å²) in [6.07, 6.45) is 3.44. The zero-order valence-electron chi connectivity index (χ0n) is 11.8. The Labute approximate surface area is 134 Å². The molecule has 0 N–H and O–H groups in total. The third-order valence-electron chi connectivity index (χ3n) is 3.24. The van der Waals surface area contributed by atoms with E-state index in [-0.39, 0.29) is 6.01 Å². The van der Waals surface area contributed by atoms with Crippen molar-refractivity contribution in [1.29, 1.82) is 0 Å². The van der Waals surface area contributed by atoms with E-state index in [2.05, 4.69) is 9.97 Å². The maximum atomic E-state index is 11.3. The quantitative estimate of drug-likeness (QED) is 0.531. The van der Waals surface area contributed by atoms with Crippen molar-refractivity contribution in [2.24, 2.45) is 0 Å². The van der Waals surface area contributed by atoms with Crippen molar-refractivity contribution < 1.29 is 9.15 Å². The van der Waals surface area contributed by atoms with Gasteiger partial charge in [0.15, 0.2) is 0 Å². The van der Waals surface area contributed by atoms with Crippen molar-refractivity contribution in [3.63, 3.8) is 0 Å². The number of thiophene rings is 1. The van der Waals surface area contributed by atoms with Gasteiger partial charge >= 0.3 is 11.6 Å². The molecule has 0 amide bonds. The monoisotopic (exact) mass is 322 g/mol. The molecule has 3 aromatic heterocycles. The first-order chi connectivity index (χ1) is 11.3. The molecule has 0 saturated carbocycles. The molecule has 0 atom stereocenters. The fraction of sp³-hybridized carbons (Fsp3) is 0. The molecule has 0 aliphatic rings. The van der Waals surface area contributed by atoms with E-state index in [1.165, 1.54) is 6.07 Å². The maximum Gasteiger partial charge on any atom is 0.336 e. The van der Waals surface area contributed by atoms with Crippen LogP contribution in [0.3, 0.4) is 0 Å². The summed E-state index contributed by atoms with van der Waals surface area (Å²) in [5, 5.41) is 2.83. The number of aromatic nitrogens is 2. The van der Waals surface area contributed by atoms with Crippen molar-refractivity contribution in [1.82, 2.24) is 9.97 Å². The normalized spacial score (nSPS) is 10.8. The summed E-state index contributed by atoms with van der Waals surface area (Å²) in [6, 6.07) is 12.6. The topological polar surface area (TPSA) is 65.2 Å². The van der Waals surface area contributed by atoms with E-state index in [1.807, 2.05) is 23.6 Å². The molecule has 0 fully saturated rings. The van der Waals surface area contributed by atoms with E-state index >= 15 is 0 Å². The lowest BCUT2D eigenvalue weighted by Crippen LogP contribution is -1.95. The molecule has 0 aliphatic carbocycles. The van der Waals surface area contributed by atoms with Crippen LogP contribution >= 0.6 is 11.3 Å². The van der Waals surface area contributed by atoms with Gasteiger partial charge in [0.2, 0.25) is 0 Å². The van der Waals surface area contributed by atoms with Crippen LogP contribution in [0.4, 0.5) is 0 Å². The van der Waals surface area contributed by atoms with Gasteiger partial charge in [-0.1, -0.05) is 6.07 Å². The molecule has 0 bridgehead atoms. The number of fused-ring (bicyclic) bond motifs is 1. The Bertz CT molecular complexity index is 1010. The number of hydrogen-bond donors (Lipinski definition) is 0. The number of benzene rings is 1. The lowest BCUT2D eigenvalue weighted by Gasteiger charge is -2.05. The van der Waals surface area contributed by atoms with E-state index in [4.69, 9.17) is 9.15 Å². The van der Waals surface area contributed by atoms with Crippen molar-refractivity contribution in [2.45, 2.75) is 0 Å². The molecule has 0 unspecified atom stereocenters. The summed E-state index contributed by atoms with van der Waals surface area (Å²) in [6.45, 7) is 0. The summed E-state index contributed by atoms with van der Waals surface area (Å²) in [5.74, 6) is 0.510. The predicted octanol–water partition coefficient (Wildman–Crippen LogP) is 4.10. The summed E-state index contributed by atoms with van der Waals surface area (Å²) in [4.78, 5) is 20.8. The molecule has 6 heteroatoms. The van der Waals surface area contributed by atoms with E-state index in [0.29, 0.717) is 11.3 Å². The first-order valence-electron chi connectivity index (χ1n) is 6.86. The summed E-state index contributed by atoms with van der Waals surface area (Å²) >= 11 is 1.63. The first kappa shape index (κ1) is 13.7. The second kappa shape index (κ2) is 5.66. The molecule has 5 nitrogen and oxygen atoms in total. The van der Waals surface area contributed by atoms with Crippen LogP contribution in [-0.4, -0.2) is 9.97 Å². The predicted molar refractivity (Wildman–Crippen MR) is 87.9 cm³/mol. The molecule has 1 aromatic carbocycles. The van der Waals surface area contributed by atoms with Crippen molar-refractivity contribution in [3.05, 3.63) is 70.7 Å². The van der Waals surface area contributed by atoms with E-state index in [9.17, 15) is 4.79 Å². The zero-order valence-corrected chi connectivity index (χ0v) is 12.6. The van der Waals surface area contributed by atoms with Gasteiger partial charge in [0.1, 0.15) is 11.3 Å². The Kier molecular flexibility index (Phi) is 3.36. The maximum absolute atomic E-state index is 11.3. The molecule has 23 heavy (non-hydrogen) atoms. The second-order valence-electron chi connectivity index (χ2n) is 4.79. The average Bonchev–Trinajstić information content (AvgIpc) is 3.10. The SMILES string of the molecule is O=c1ccc2ccc(Oc3ncc(-c4cccs4)cn3)cc2o1. The molecule has 0 aliphatic heterocycles. The van der Waals surface area contributed by atoms with Crippen molar-refractivity contribution in [3.8, 4) is 22.2 Å². The fourth-order valence-corrected chi connectivity index (χ4v) is 2.85. The highest BCUT2D eigenvalue weighted by molar-refractivity contribution is 7.13. The minimum Gasteiger partial charge on any atom is -0.424 e. The zero-order chi connectivity index (χ0) is 15.6. The van der Waals surface area contributed by atoms with Crippen LogP contribution in [0.1, 0.15) is 0 Å². The lowest BCUT2D eigenvalue weighted by atomic mass is 10.2. The minimum atomic E-state index is -0.397. The van der Waals surface area contributed by atoms with Crippen molar-refractivity contribution in [2.75, 3.05) is 0 Å². The van der Waals surface area contributed by atoms with Gasteiger partial charge in [0.05, 0.1) is 0 Å². The summed E-state index contributed by atoms with van der Waals surface area (Å²) in [5.41, 5.74) is 1.01. The van der Waals surface area contributed by atoms with Gasteiger partial charge in [-0.15, -0.1) is 11.3 Å². The molecular formula is C17H10N2O3S. The highest BCUT2D eigenvalue weighted by Gasteiger charge is 2.05. The van der Waals surface area contributed by atoms with Crippen LogP contribution in [0, 0.1) is 0 Å². The second-order valence-corrected chi connectivity index (χ2v) is 5.74. The Morgan fingerprint density at radius 3 is 2.65 bits per heavy atom. The number of nitrogens with zero attached hydrogens (tertiary/aromatic N) is 2. The number of hydrogen-bond acceptors (Lipinski definition) is 6. The first-order valence-corrected chi connectivity index (χ1v) is 7.74. The Hall–Kier alpha value is -2.99. The van der Waals surface area contributed by atoms with Gasteiger partial charge in [-0.2, -0.15) is 0 Å². The van der Waals surface area contributed by atoms with Gasteiger partial charge in [0.25, 0.3) is 0 Å². The Morgan fingerprint density at radius 2 is 1.87 bits per heavy atom. The van der Waals surface area contributed by atoms with Crippen LogP contribution in [0.2, 0.25) is 0 Å². The van der Waals surface area contributed by atoms with E-state index < -0.39 is 5.63 Å². The van der Waals surface area contributed by atoms with Crippen LogP contribution in [-0.2, 0) is 0 Å². The smallest absolute Gasteiger partial charge is 0.336 e. The molecule has 4 rings (SSSR count). The third-order valence-corrected chi connectivity index (χ3v) is 4.16. The molecular weight excluding hydrogens is 312 g/mol. The van der Waals surface area contributed by atoms with Gasteiger partial charge in [-0.25, -0.2) is 14.8 Å². The molecule has 0 radical (unpaired) electrons. The highest BCUT2D eigenvalue weighted by atomic mass is 32.1. The molecule has 112 valence electrons. The largest absolute Gasteiger partial charge is 0.424 e. The van der Waals surface area contributed by atoms with E-state index in [0.717, 1.165) is 15.8 Å². The summed E-state index contributed by atoms with van der Waals surface area (Å²) < 4.78 is 10.8. The fourth-order valence-electron chi connectivity index (χ4n) is 2.15. The Balaban J connectivity index is 1.61. The Morgan fingerprint density at radius 1 is 1.04 bits per heavy atom. The standard InChI is InChI=1S/C17H10N2O3S/c20-16-6-4-11-3-5-13(8-14(11)22-16)21-17-18-9-12(10-19-17)15-2-1-7-23-15/h1-10H. The van der Waals surface area contributed by atoms with Crippen LogP contribution in [0.15, 0.2) is 69.5 Å². The van der Waals surface area contributed by atoms with Gasteiger partial charge in [0, 0.05) is 40.4 Å². The lowest BCUT2D eigenvalue weighted by molar-refractivity contribution is 0.441. The van der Waals surface area contributed by atoms with Crippen LogP contribution in [0.25, 0.3) is 21.4 Å². The average molecular weight is 322 g/mol. The molecule has 0 saturated heterocycles. The molecule has 0 spiro atoms.